The van der Waals surface area contributed by atoms with Crippen molar-refractivity contribution in [1.29, 1.82) is 0 Å². The van der Waals surface area contributed by atoms with E-state index in [-0.39, 0.29) is 24.0 Å². The zero-order valence-electron chi connectivity index (χ0n) is 18.3. The lowest BCUT2D eigenvalue weighted by molar-refractivity contribution is -0.134. The fourth-order valence-corrected chi connectivity index (χ4v) is 4.77. The van der Waals surface area contributed by atoms with Crippen molar-refractivity contribution in [3.8, 4) is 0 Å². The number of hydrogen-bond acceptors (Lipinski definition) is 8. The summed E-state index contributed by atoms with van der Waals surface area (Å²) >= 11 is 0. The Labute approximate surface area is 182 Å². The van der Waals surface area contributed by atoms with Gasteiger partial charge in [0.1, 0.15) is 17.7 Å². The molecule has 9 nitrogen and oxygen atoms in total. The minimum absolute atomic E-state index is 0.0202. The number of rotatable bonds is 3. The summed E-state index contributed by atoms with van der Waals surface area (Å²) < 4.78 is 0. The SMILES string of the molecule is CC(C)[C@H]1CN2C(=CC3C=NC(Nc4ccc(N5CCNCC5)cn4)=NC32)C(=O)N1C. The highest BCUT2D eigenvalue weighted by Gasteiger charge is 2.45. The Morgan fingerprint density at radius 1 is 1.23 bits per heavy atom. The van der Waals surface area contributed by atoms with E-state index < -0.39 is 0 Å². The number of carbonyl (C=O) groups excluding carboxylic acids is 1. The van der Waals surface area contributed by atoms with Crippen LogP contribution >= 0.6 is 0 Å². The third-order valence-corrected chi connectivity index (χ3v) is 6.61. The minimum atomic E-state index is -0.131. The van der Waals surface area contributed by atoms with Gasteiger partial charge >= 0.3 is 0 Å². The number of nitrogens with one attached hydrogen (secondary N) is 2. The Bertz CT molecular complexity index is 931. The molecular weight excluding hydrogens is 392 g/mol. The first kappa shape index (κ1) is 20.0. The van der Waals surface area contributed by atoms with Crippen molar-refractivity contribution in [2.24, 2.45) is 21.8 Å². The maximum atomic E-state index is 12.9. The van der Waals surface area contributed by atoms with Gasteiger partial charge in [0.05, 0.1) is 23.8 Å². The lowest BCUT2D eigenvalue weighted by atomic mass is 9.99. The lowest BCUT2D eigenvalue weighted by Crippen LogP contribution is -2.56. The highest BCUT2D eigenvalue weighted by atomic mass is 16.2. The highest BCUT2D eigenvalue weighted by Crippen LogP contribution is 2.35. The van der Waals surface area contributed by atoms with Gasteiger partial charge in [0.2, 0.25) is 5.96 Å². The van der Waals surface area contributed by atoms with Crippen LogP contribution in [0.5, 0.6) is 0 Å². The fourth-order valence-electron chi connectivity index (χ4n) is 4.77. The number of anilines is 2. The predicted octanol–water partition coefficient (Wildman–Crippen LogP) is 0.982. The summed E-state index contributed by atoms with van der Waals surface area (Å²) in [6.07, 6.45) is 5.65. The third-order valence-electron chi connectivity index (χ3n) is 6.61. The van der Waals surface area contributed by atoms with Crippen molar-refractivity contribution in [3.63, 3.8) is 0 Å². The molecule has 1 aromatic rings. The molecule has 2 unspecified atom stereocenters. The summed E-state index contributed by atoms with van der Waals surface area (Å²) in [5, 5.41) is 6.60. The second kappa shape index (κ2) is 7.96. The van der Waals surface area contributed by atoms with Gasteiger partial charge < -0.3 is 25.3 Å². The van der Waals surface area contributed by atoms with E-state index in [0.29, 0.717) is 17.7 Å². The van der Waals surface area contributed by atoms with Gasteiger partial charge in [-0.25, -0.2) is 15.0 Å². The van der Waals surface area contributed by atoms with Crippen LogP contribution in [0.15, 0.2) is 40.1 Å². The van der Waals surface area contributed by atoms with Crippen LogP contribution in [0.2, 0.25) is 0 Å². The fraction of sp³-hybridized carbons (Fsp3) is 0.545. The van der Waals surface area contributed by atoms with Gasteiger partial charge in [-0.05, 0) is 24.1 Å². The number of pyridine rings is 1. The van der Waals surface area contributed by atoms with Crippen molar-refractivity contribution >= 4 is 29.6 Å². The number of aliphatic imine (C=N–C) groups is 2. The molecule has 1 aromatic heterocycles. The molecule has 0 aromatic carbocycles. The number of amides is 1. The first-order valence-corrected chi connectivity index (χ1v) is 11.1. The van der Waals surface area contributed by atoms with Crippen molar-refractivity contribution in [3.05, 3.63) is 30.1 Å². The van der Waals surface area contributed by atoms with Gasteiger partial charge in [0.25, 0.3) is 5.91 Å². The van der Waals surface area contributed by atoms with Crippen LogP contribution in [0.25, 0.3) is 0 Å². The summed E-state index contributed by atoms with van der Waals surface area (Å²) in [5.74, 6) is 1.72. The zero-order chi connectivity index (χ0) is 21.5. The number of hydrogen-bond donors (Lipinski definition) is 2. The summed E-state index contributed by atoms with van der Waals surface area (Å²) in [4.78, 5) is 33.1. The van der Waals surface area contributed by atoms with Gasteiger partial charge in [0, 0.05) is 46.0 Å². The number of aromatic nitrogens is 1. The molecule has 0 spiro atoms. The molecular formula is C22H30N8O. The predicted molar refractivity (Wildman–Crippen MR) is 122 cm³/mol. The van der Waals surface area contributed by atoms with Crippen LogP contribution in [0.4, 0.5) is 11.5 Å². The van der Waals surface area contributed by atoms with E-state index in [9.17, 15) is 4.79 Å². The summed E-state index contributed by atoms with van der Waals surface area (Å²) in [7, 11) is 1.90. The summed E-state index contributed by atoms with van der Waals surface area (Å²) in [6, 6.07) is 4.22. The van der Waals surface area contributed by atoms with Gasteiger partial charge in [-0.15, -0.1) is 0 Å². The van der Waals surface area contributed by atoms with Gasteiger partial charge in [-0.1, -0.05) is 13.8 Å². The lowest BCUT2D eigenvalue weighted by Gasteiger charge is -2.43. The Morgan fingerprint density at radius 3 is 2.74 bits per heavy atom. The molecule has 0 radical (unpaired) electrons. The molecule has 4 aliphatic rings. The molecule has 0 aliphatic carbocycles. The molecule has 31 heavy (non-hydrogen) atoms. The Kier molecular flexibility index (Phi) is 5.13. The van der Waals surface area contributed by atoms with Crippen molar-refractivity contribution in [1.82, 2.24) is 20.1 Å². The number of carbonyl (C=O) groups is 1. The van der Waals surface area contributed by atoms with Crippen LogP contribution in [-0.2, 0) is 4.79 Å². The van der Waals surface area contributed by atoms with Crippen LogP contribution < -0.4 is 15.5 Å². The smallest absolute Gasteiger partial charge is 0.269 e. The molecule has 2 fully saturated rings. The van der Waals surface area contributed by atoms with Gasteiger partial charge in [-0.2, -0.15) is 0 Å². The van der Waals surface area contributed by atoms with Gasteiger partial charge in [0.15, 0.2) is 0 Å². The maximum absolute atomic E-state index is 12.9. The second-order valence-corrected chi connectivity index (χ2v) is 8.92. The topological polar surface area (TPSA) is 88.5 Å². The molecule has 2 N–H and O–H groups in total. The minimum Gasteiger partial charge on any atom is -0.368 e. The molecule has 9 heteroatoms. The first-order chi connectivity index (χ1) is 15.0. The van der Waals surface area contributed by atoms with E-state index in [1.165, 1.54) is 0 Å². The van der Waals surface area contributed by atoms with Crippen molar-refractivity contribution in [2.45, 2.75) is 26.1 Å². The van der Waals surface area contributed by atoms with E-state index in [1.54, 1.807) is 0 Å². The molecule has 3 atom stereocenters. The van der Waals surface area contributed by atoms with Crippen molar-refractivity contribution < 1.29 is 4.79 Å². The molecule has 1 amide bonds. The average Bonchev–Trinajstić information content (AvgIpc) is 3.15. The number of fused-ring (bicyclic) bond motifs is 3. The number of likely N-dealkylation sites (N-methyl/N-ethyl adjacent to an activating group) is 1. The van der Waals surface area contributed by atoms with E-state index >= 15 is 0 Å². The van der Waals surface area contributed by atoms with Crippen LogP contribution in [0, 0.1) is 11.8 Å². The molecule has 0 saturated carbocycles. The number of nitrogens with zero attached hydrogens (tertiary/aromatic N) is 6. The molecule has 164 valence electrons. The average molecular weight is 423 g/mol. The molecule has 2 saturated heterocycles. The maximum Gasteiger partial charge on any atom is 0.269 e. The highest BCUT2D eigenvalue weighted by molar-refractivity contribution is 6.01. The molecule has 5 heterocycles. The first-order valence-electron chi connectivity index (χ1n) is 11.1. The van der Waals surface area contributed by atoms with Crippen LogP contribution in [0.1, 0.15) is 13.8 Å². The number of guanidine groups is 1. The monoisotopic (exact) mass is 422 g/mol. The van der Waals surface area contributed by atoms with E-state index in [0.717, 1.165) is 44.1 Å². The summed E-state index contributed by atoms with van der Waals surface area (Å²) in [5.41, 5.74) is 1.87. The van der Waals surface area contributed by atoms with Crippen LogP contribution in [-0.4, -0.2) is 84.8 Å². The normalized spacial score (nSPS) is 27.8. The molecule has 4 aliphatic heterocycles. The standard InChI is InChI=1S/C22H30N8O/c1-14(2)18-13-30-17(21(31)28(18)3)10-15-11-25-22(27-20(15)30)26-19-5-4-16(12-24-19)29-8-6-23-7-9-29/h4-5,10-12,14-15,18,20,23H,6-9,13H2,1-3H3,(H,24,26,27)/t15?,18-,20?/m1/s1. The van der Waals surface area contributed by atoms with Crippen molar-refractivity contribution in [2.75, 3.05) is 50.0 Å². The summed E-state index contributed by atoms with van der Waals surface area (Å²) in [6.45, 7) is 9.08. The largest absolute Gasteiger partial charge is 0.368 e. The van der Waals surface area contributed by atoms with E-state index in [2.05, 4.69) is 50.3 Å². The van der Waals surface area contributed by atoms with E-state index in [1.807, 2.05) is 36.5 Å². The van der Waals surface area contributed by atoms with Crippen LogP contribution in [0.3, 0.4) is 0 Å². The number of piperazine rings is 2. The third kappa shape index (κ3) is 3.67. The Balaban J connectivity index is 1.30. The van der Waals surface area contributed by atoms with E-state index in [4.69, 9.17) is 4.99 Å². The quantitative estimate of drug-likeness (QED) is 0.755. The Hall–Kier alpha value is -2.94. The van der Waals surface area contributed by atoms with Gasteiger partial charge in [-0.3, -0.25) is 4.79 Å². The zero-order valence-corrected chi connectivity index (χ0v) is 18.3. The molecule has 0 bridgehead atoms. The second-order valence-electron chi connectivity index (χ2n) is 8.92. The Morgan fingerprint density at radius 2 is 2.03 bits per heavy atom. The molecule has 5 rings (SSSR count).